The Bertz CT molecular complexity index is 1140. The molecule has 8 nitrogen and oxygen atoms in total. The molecule has 2 amide bonds. The van der Waals surface area contributed by atoms with Crippen molar-refractivity contribution in [2.75, 3.05) is 25.5 Å². The van der Waals surface area contributed by atoms with Gasteiger partial charge in [-0.2, -0.15) is 4.31 Å². The molecule has 1 aliphatic heterocycles. The van der Waals surface area contributed by atoms with Gasteiger partial charge in [-0.3, -0.25) is 9.59 Å². The van der Waals surface area contributed by atoms with Crippen LogP contribution >= 0.6 is 0 Å². The highest BCUT2D eigenvalue weighted by Crippen LogP contribution is 2.27. The topological polar surface area (TPSA) is 105 Å². The van der Waals surface area contributed by atoms with Gasteiger partial charge in [-0.25, -0.2) is 8.42 Å². The number of hydrogen-bond donors (Lipinski definition) is 2. The Hall–Kier alpha value is -2.91. The first kappa shape index (κ1) is 26.7. The summed E-state index contributed by atoms with van der Waals surface area (Å²) >= 11 is 0. The van der Waals surface area contributed by atoms with Crippen molar-refractivity contribution in [1.82, 2.24) is 9.62 Å². The van der Waals surface area contributed by atoms with Gasteiger partial charge >= 0.3 is 0 Å². The van der Waals surface area contributed by atoms with Crippen molar-refractivity contribution >= 4 is 27.5 Å². The number of ether oxygens (including phenoxy) is 1. The monoisotopic (exact) mass is 501 g/mol. The number of carbonyl (C=O) groups is 2. The maximum Gasteiger partial charge on any atom is 0.253 e. The number of aryl methyl sites for hydroxylation is 1. The average Bonchev–Trinajstić information content (AvgIpc) is 2.87. The van der Waals surface area contributed by atoms with E-state index in [0.717, 1.165) is 25.7 Å². The van der Waals surface area contributed by atoms with Crippen molar-refractivity contribution in [3.05, 3.63) is 53.6 Å². The molecular formula is C26H35N3O5S. The molecule has 1 atom stereocenters. The molecule has 0 saturated carbocycles. The molecule has 1 aliphatic rings. The molecule has 2 N–H and O–H groups in total. The molecular weight excluding hydrogens is 466 g/mol. The van der Waals surface area contributed by atoms with Crippen LogP contribution in [-0.4, -0.2) is 50.8 Å². The lowest BCUT2D eigenvalue weighted by molar-refractivity contribution is -0.116. The highest BCUT2D eigenvalue weighted by molar-refractivity contribution is 7.89. The maximum atomic E-state index is 13.1. The summed E-state index contributed by atoms with van der Waals surface area (Å²) in [6, 6.07) is 11.7. The quantitative estimate of drug-likeness (QED) is 0.513. The summed E-state index contributed by atoms with van der Waals surface area (Å²) in [5, 5.41) is 5.73. The Labute approximate surface area is 208 Å². The van der Waals surface area contributed by atoms with Gasteiger partial charge in [-0.15, -0.1) is 0 Å². The molecule has 0 aromatic heterocycles. The molecule has 2 aromatic carbocycles. The van der Waals surface area contributed by atoms with Gasteiger partial charge in [0.05, 0.1) is 23.3 Å². The number of rotatable bonds is 10. The molecule has 190 valence electrons. The van der Waals surface area contributed by atoms with E-state index in [2.05, 4.69) is 10.6 Å². The first-order chi connectivity index (χ1) is 16.8. The summed E-state index contributed by atoms with van der Waals surface area (Å²) in [5.41, 5.74) is 1.48. The third kappa shape index (κ3) is 6.82. The molecule has 2 aromatic rings. The highest BCUT2D eigenvalue weighted by Gasteiger charge is 2.26. The van der Waals surface area contributed by atoms with Gasteiger partial charge in [0.1, 0.15) is 5.75 Å². The van der Waals surface area contributed by atoms with Gasteiger partial charge in [0.15, 0.2) is 0 Å². The van der Waals surface area contributed by atoms with E-state index in [1.54, 1.807) is 42.5 Å². The molecule has 1 fully saturated rings. The van der Waals surface area contributed by atoms with Crippen LogP contribution in [0.25, 0.3) is 0 Å². The van der Waals surface area contributed by atoms with Crippen molar-refractivity contribution in [1.29, 1.82) is 0 Å². The lowest BCUT2D eigenvalue weighted by Crippen LogP contribution is -2.35. The molecule has 0 spiro atoms. The number of piperidine rings is 1. The summed E-state index contributed by atoms with van der Waals surface area (Å²) in [6.07, 6.45) is 3.95. The molecule has 0 aliphatic carbocycles. The van der Waals surface area contributed by atoms with Crippen molar-refractivity contribution in [3.8, 4) is 5.75 Å². The van der Waals surface area contributed by atoms with Crippen molar-refractivity contribution < 1.29 is 22.7 Å². The predicted molar refractivity (Wildman–Crippen MR) is 136 cm³/mol. The second-order valence-corrected chi connectivity index (χ2v) is 10.8. The first-order valence-corrected chi connectivity index (χ1v) is 13.6. The Balaban J connectivity index is 1.71. The van der Waals surface area contributed by atoms with E-state index in [4.69, 9.17) is 4.74 Å². The van der Waals surface area contributed by atoms with Crippen molar-refractivity contribution in [3.63, 3.8) is 0 Å². The fraction of sp³-hybridized carbons (Fsp3) is 0.462. The van der Waals surface area contributed by atoms with E-state index in [9.17, 15) is 18.0 Å². The van der Waals surface area contributed by atoms with Crippen LogP contribution in [0.3, 0.4) is 0 Å². The van der Waals surface area contributed by atoms with Crippen LogP contribution in [0, 0.1) is 0 Å². The summed E-state index contributed by atoms with van der Waals surface area (Å²) in [6.45, 7) is 4.96. The summed E-state index contributed by atoms with van der Waals surface area (Å²) in [4.78, 5) is 25.6. The average molecular weight is 502 g/mol. The van der Waals surface area contributed by atoms with Crippen LogP contribution in [0.2, 0.25) is 0 Å². The number of anilines is 1. The number of nitrogens with zero attached hydrogens (tertiary/aromatic N) is 1. The predicted octanol–water partition coefficient (Wildman–Crippen LogP) is 3.97. The zero-order valence-electron chi connectivity index (χ0n) is 20.7. The van der Waals surface area contributed by atoms with Gasteiger partial charge in [-0.05, 0) is 68.5 Å². The number of amides is 2. The number of sulfonamides is 1. The Morgan fingerprint density at radius 1 is 1.09 bits per heavy atom. The molecule has 0 unspecified atom stereocenters. The van der Waals surface area contributed by atoms with E-state index < -0.39 is 10.0 Å². The largest absolute Gasteiger partial charge is 0.496 e. The number of hydrogen-bond acceptors (Lipinski definition) is 5. The number of nitrogens with one attached hydrogen (secondary N) is 2. The number of carbonyl (C=O) groups excluding carboxylic acids is 2. The van der Waals surface area contributed by atoms with E-state index in [-0.39, 0.29) is 29.2 Å². The van der Waals surface area contributed by atoms with Crippen LogP contribution in [-0.2, 0) is 21.2 Å². The maximum absolute atomic E-state index is 13.1. The number of para-hydroxylation sites is 1. The third-order valence-corrected chi connectivity index (χ3v) is 8.16. The highest BCUT2D eigenvalue weighted by atomic mass is 32.2. The Morgan fingerprint density at radius 3 is 2.49 bits per heavy atom. The second kappa shape index (κ2) is 12.2. The minimum atomic E-state index is -3.59. The standard InChI is InChI=1S/C26H35N3O5S/c1-4-19(2)27-26(31)22-10-6-7-11-23(22)28-25(30)15-12-20-18-21(13-14-24(20)34-3)35(32,33)29-16-8-5-9-17-29/h6-7,10-11,13-14,18-19H,4-5,8-9,12,15-17H2,1-3H3,(H,27,31)(H,28,30)/t19-/m0/s1. The minimum absolute atomic E-state index is 0.0206. The van der Waals surface area contributed by atoms with E-state index in [1.807, 2.05) is 13.8 Å². The summed E-state index contributed by atoms with van der Waals surface area (Å²) in [7, 11) is -2.07. The van der Waals surface area contributed by atoms with Crippen LogP contribution in [0.1, 0.15) is 61.9 Å². The summed E-state index contributed by atoms with van der Waals surface area (Å²) < 4.78 is 33.1. The number of benzene rings is 2. The van der Waals surface area contributed by atoms with Gasteiger partial charge in [-0.1, -0.05) is 25.5 Å². The zero-order valence-corrected chi connectivity index (χ0v) is 21.5. The molecule has 1 saturated heterocycles. The van der Waals surface area contributed by atoms with Gasteiger partial charge in [0.25, 0.3) is 5.91 Å². The molecule has 0 bridgehead atoms. The zero-order chi connectivity index (χ0) is 25.4. The molecule has 9 heteroatoms. The van der Waals surface area contributed by atoms with E-state index in [1.165, 1.54) is 11.4 Å². The van der Waals surface area contributed by atoms with Gasteiger partial charge in [0.2, 0.25) is 15.9 Å². The third-order valence-electron chi connectivity index (χ3n) is 6.26. The van der Waals surface area contributed by atoms with Gasteiger partial charge in [0, 0.05) is 25.6 Å². The van der Waals surface area contributed by atoms with Crippen LogP contribution in [0.15, 0.2) is 47.4 Å². The molecule has 35 heavy (non-hydrogen) atoms. The smallest absolute Gasteiger partial charge is 0.253 e. The number of methoxy groups -OCH3 is 1. The normalized spacial score (nSPS) is 15.3. The van der Waals surface area contributed by atoms with Crippen LogP contribution in [0.4, 0.5) is 5.69 Å². The fourth-order valence-electron chi connectivity index (χ4n) is 4.02. The fourth-order valence-corrected chi connectivity index (χ4v) is 5.59. The SMILES string of the molecule is CC[C@H](C)NC(=O)c1ccccc1NC(=O)CCc1cc(S(=O)(=O)N2CCCCC2)ccc1OC. The van der Waals surface area contributed by atoms with Crippen LogP contribution < -0.4 is 15.4 Å². The van der Waals surface area contributed by atoms with E-state index in [0.29, 0.717) is 42.1 Å². The molecule has 1 heterocycles. The van der Waals surface area contributed by atoms with Crippen LogP contribution in [0.5, 0.6) is 5.75 Å². The summed E-state index contributed by atoms with van der Waals surface area (Å²) in [5.74, 6) is 0.0106. The van der Waals surface area contributed by atoms with Gasteiger partial charge < -0.3 is 15.4 Å². The Kier molecular flexibility index (Phi) is 9.28. The lowest BCUT2D eigenvalue weighted by atomic mass is 10.1. The van der Waals surface area contributed by atoms with Crippen molar-refractivity contribution in [2.24, 2.45) is 0 Å². The first-order valence-electron chi connectivity index (χ1n) is 12.1. The Morgan fingerprint density at radius 2 is 1.80 bits per heavy atom. The van der Waals surface area contributed by atoms with E-state index >= 15 is 0 Å². The van der Waals surface area contributed by atoms with Crippen molar-refractivity contribution in [2.45, 2.75) is 63.3 Å². The molecule has 0 radical (unpaired) electrons. The lowest BCUT2D eigenvalue weighted by Gasteiger charge is -2.26. The second-order valence-electron chi connectivity index (χ2n) is 8.81. The molecule has 3 rings (SSSR count). The minimum Gasteiger partial charge on any atom is -0.496 e.